The van der Waals surface area contributed by atoms with E-state index in [1.165, 1.54) is 4.90 Å². The molecule has 0 saturated carbocycles. The zero-order valence-electron chi connectivity index (χ0n) is 4.89. The van der Waals surface area contributed by atoms with E-state index in [9.17, 15) is 4.79 Å². The van der Waals surface area contributed by atoms with Crippen LogP contribution in [-0.4, -0.2) is 17.3 Å². The average molecular weight is 134 g/mol. The van der Waals surface area contributed by atoms with Gasteiger partial charge in [0.15, 0.2) is 0 Å². The van der Waals surface area contributed by atoms with Crippen LogP contribution in [0.25, 0.3) is 0 Å². The van der Waals surface area contributed by atoms with Crippen molar-refractivity contribution in [1.82, 2.24) is 4.90 Å². The summed E-state index contributed by atoms with van der Waals surface area (Å²) in [4.78, 5) is 11.5. The largest absolute Gasteiger partial charge is 0.320 e. The Hall–Kier alpha value is -0.500. The quantitative estimate of drug-likeness (QED) is 0.395. The molecule has 3 heteroatoms. The minimum absolute atomic E-state index is 0.469. The van der Waals surface area contributed by atoms with Crippen molar-refractivity contribution in [3.8, 4) is 0 Å². The van der Waals surface area contributed by atoms with Gasteiger partial charge in [0.05, 0.1) is 0 Å². The number of nitrogens with zero attached hydrogens (tertiary/aromatic N) is 1. The van der Waals surface area contributed by atoms with Gasteiger partial charge in [-0.25, -0.2) is 0 Å². The van der Waals surface area contributed by atoms with Crippen molar-refractivity contribution in [1.29, 1.82) is 0 Å². The molecule has 0 bridgehead atoms. The van der Waals surface area contributed by atoms with Crippen LogP contribution in [0, 0.1) is 0 Å². The van der Waals surface area contributed by atoms with Gasteiger partial charge in [0.2, 0.25) is 0 Å². The minimum atomic E-state index is -0.469. The molecular weight excluding hydrogens is 126 g/mol. The molecule has 0 aliphatic rings. The fraction of sp³-hybridized carbons (Fsp3) is 0.400. The number of rotatable bonds is 1. The van der Waals surface area contributed by atoms with E-state index in [-0.39, 0.29) is 0 Å². The standard InChI is InChI=1S/C5H8ClNO/c1-3-4-7(2)5(6)8/h3-4H,1-2H3/b4-3-. The lowest BCUT2D eigenvalue weighted by Gasteiger charge is -2.03. The summed E-state index contributed by atoms with van der Waals surface area (Å²) in [6.07, 6.45) is 3.33. The molecule has 0 N–H and O–H groups in total. The molecule has 0 aromatic rings. The first-order valence-electron chi connectivity index (χ1n) is 2.23. The van der Waals surface area contributed by atoms with Crippen molar-refractivity contribution in [3.63, 3.8) is 0 Å². The first-order chi connectivity index (χ1) is 3.68. The molecule has 2 nitrogen and oxygen atoms in total. The minimum Gasteiger partial charge on any atom is -0.309 e. The lowest BCUT2D eigenvalue weighted by molar-refractivity contribution is 0.244. The number of carbonyl (C=O) groups excluding carboxylic acids is 1. The van der Waals surface area contributed by atoms with Crippen LogP contribution < -0.4 is 0 Å². The molecule has 0 heterocycles. The Labute approximate surface area is 53.7 Å². The molecule has 0 aliphatic heterocycles. The Balaban J connectivity index is 3.64. The van der Waals surface area contributed by atoms with E-state index in [1.54, 1.807) is 19.3 Å². The molecule has 1 amide bonds. The van der Waals surface area contributed by atoms with Crippen LogP contribution in [0.5, 0.6) is 0 Å². The van der Waals surface area contributed by atoms with Gasteiger partial charge >= 0.3 is 5.37 Å². The maximum Gasteiger partial charge on any atom is 0.320 e. The number of amides is 1. The van der Waals surface area contributed by atoms with E-state index in [0.717, 1.165) is 0 Å². The number of allylic oxidation sites excluding steroid dienone is 1. The van der Waals surface area contributed by atoms with Gasteiger partial charge in [-0.05, 0) is 18.5 Å². The third-order valence-corrected chi connectivity index (χ3v) is 0.917. The predicted octanol–water partition coefficient (Wildman–Crippen LogP) is 1.81. The molecule has 46 valence electrons. The molecule has 0 fully saturated rings. The summed E-state index contributed by atoms with van der Waals surface area (Å²) < 4.78 is 0. The smallest absolute Gasteiger partial charge is 0.309 e. The number of carbonyl (C=O) groups is 1. The van der Waals surface area contributed by atoms with Gasteiger partial charge in [0, 0.05) is 13.2 Å². The topological polar surface area (TPSA) is 20.3 Å². The molecule has 0 radical (unpaired) electrons. The maximum absolute atomic E-state index is 10.2. The number of hydrogen-bond acceptors (Lipinski definition) is 1. The van der Waals surface area contributed by atoms with E-state index < -0.39 is 5.37 Å². The van der Waals surface area contributed by atoms with E-state index in [0.29, 0.717) is 0 Å². The Morgan fingerprint density at radius 3 is 2.38 bits per heavy atom. The normalized spacial score (nSPS) is 9.88. The van der Waals surface area contributed by atoms with Gasteiger partial charge in [-0.3, -0.25) is 4.79 Å². The van der Waals surface area contributed by atoms with E-state index >= 15 is 0 Å². The summed E-state index contributed by atoms with van der Waals surface area (Å²) in [7, 11) is 1.59. The SMILES string of the molecule is C/C=C\N(C)C(=O)Cl. The third-order valence-electron chi connectivity index (χ3n) is 0.650. The molecular formula is C5H8ClNO. The average Bonchev–Trinajstić information content (AvgIpc) is 1.67. The molecule has 0 rings (SSSR count). The van der Waals surface area contributed by atoms with E-state index in [1.807, 2.05) is 6.92 Å². The van der Waals surface area contributed by atoms with Crippen LogP contribution in [0.2, 0.25) is 0 Å². The van der Waals surface area contributed by atoms with Gasteiger partial charge < -0.3 is 4.90 Å². The highest BCUT2D eigenvalue weighted by Gasteiger charge is 1.95. The van der Waals surface area contributed by atoms with Crippen LogP contribution in [0.3, 0.4) is 0 Å². The Bertz CT molecular complexity index is 111. The predicted molar refractivity (Wildman–Crippen MR) is 33.8 cm³/mol. The fourth-order valence-electron chi connectivity index (χ4n) is 0.282. The van der Waals surface area contributed by atoms with E-state index in [4.69, 9.17) is 11.6 Å². The van der Waals surface area contributed by atoms with Gasteiger partial charge in [-0.2, -0.15) is 0 Å². The van der Waals surface area contributed by atoms with Crippen molar-refractivity contribution in [2.45, 2.75) is 6.92 Å². The van der Waals surface area contributed by atoms with E-state index in [2.05, 4.69) is 0 Å². The van der Waals surface area contributed by atoms with Crippen molar-refractivity contribution in [2.24, 2.45) is 0 Å². The van der Waals surface area contributed by atoms with Crippen LogP contribution in [0.1, 0.15) is 6.92 Å². The maximum atomic E-state index is 10.2. The Morgan fingerprint density at radius 1 is 1.75 bits per heavy atom. The molecule has 0 unspecified atom stereocenters. The second-order valence-electron chi connectivity index (χ2n) is 1.35. The van der Waals surface area contributed by atoms with Crippen molar-refractivity contribution >= 4 is 17.0 Å². The van der Waals surface area contributed by atoms with Gasteiger partial charge in [-0.15, -0.1) is 0 Å². The highest BCUT2D eigenvalue weighted by molar-refractivity contribution is 6.62. The zero-order chi connectivity index (χ0) is 6.57. The third kappa shape index (κ3) is 2.64. The van der Waals surface area contributed by atoms with Crippen molar-refractivity contribution < 1.29 is 4.79 Å². The molecule has 0 aliphatic carbocycles. The second-order valence-corrected chi connectivity index (χ2v) is 1.67. The highest BCUT2D eigenvalue weighted by Crippen LogP contribution is 1.91. The van der Waals surface area contributed by atoms with Crippen molar-refractivity contribution in [2.75, 3.05) is 7.05 Å². The van der Waals surface area contributed by atoms with Crippen molar-refractivity contribution in [3.05, 3.63) is 12.3 Å². The highest BCUT2D eigenvalue weighted by atomic mass is 35.5. The lowest BCUT2D eigenvalue weighted by atomic mass is 10.7. The molecule has 0 aromatic heterocycles. The number of hydrogen-bond donors (Lipinski definition) is 0. The summed E-state index contributed by atoms with van der Waals surface area (Å²) in [6.45, 7) is 1.82. The van der Waals surface area contributed by atoms with Crippen LogP contribution in [0.4, 0.5) is 4.79 Å². The Kier molecular flexibility index (Phi) is 3.28. The molecule has 0 aromatic carbocycles. The zero-order valence-corrected chi connectivity index (χ0v) is 5.64. The summed E-state index contributed by atoms with van der Waals surface area (Å²) in [5.41, 5.74) is 0. The molecule has 0 atom stereocenters. The second kappa shape index (κ2) is 3.50. The molecule has 0 saturated heterocycles. The molecule has 0 spiro atoms. The van der Waals surface area contributed by atoms with Crippen LogP contribution in [0.15, 0.2) is 12.3 Å². The Morgan fingerprint density at radius 2 is 2.25 bits per heavy atom. The van der Waals surface area contributed by atoms with Gasteiger partial charge in [0.25, 0.3) is 0 Å². The monoisotopic (exact) mass is 133 g/mol. The van der Waals surface area contributed by atoms with Gasteiger partial charge in [0.1, 0.15) is 0 Å². The fourth-order valence-corrected chi connectivity index (χ4v) is 0.339. The van der Waals surface area contributed by atoms with Crippen LogP contribution >= 0.6 is 11.6 Å². The summed E-state index contributed by atoms with van der Waals surface area (Å²) >= 11 is 5.04. The lowest BCUT2D eigenvalue weighted by Crippen LogP contribution is -2.12. The first-order valence-corrected chi connectivity index (χ1v) is 2.61. The number of halogens is 1. The van der Waals surface area contributed by atoms with Gasteiger partial charge in [-0.1, -0.05) is 6.08 Å². The molecule has 8 heavy (non-hydrogen) atoms. The first kappa shape index (κ1) is 7.50. The summed E-state index contributed by atoms with van der Waals surface area (Å²) in [6, 6.07) is 0. The van der Waals surface area contributed by atoms with Crippen LogP contribution in [-0.2, 0) is 0 Å². The summed E-state index contributed by atoms with van der Waals surface area (Å²) in [5, 5.41) is -0.469. The summed E-state index contributed by atoms with van der Waals surface area (Å²) in [5.74, 6) is 0.